The van der Waals surface area contributed by atoms with Crippen LogP contribution in [0.25, 0.3) is 0 Å². The van der Waals surface area contributed by atoms with Gasteiger partial charge in [-0.15, -0.1) is 11.3 Å². The molecule has 2 fully saturated rings. The predicted molar refractivity (Wildman–Crippen MR) is 127 cm³/mol. The Morgan fingerprint density at radius 1 is 1.32 bits per heavy atom. The highest BCUT2D eigenvalue weighted by molar-refractivity contribution is 7.09. The summed E-state index contributed by atoms with van der Waals surface area (Å²) in [6.45, 7) is 13.4. The van der Waals surface area contributed by atoms with Crippen molar-refractivity contribution < 1.29 is 9.53 Å². The maximum atomic E-state index is 12.9. The highest BCUT2D eigenvalue weighted by Crippen LogP contribution is 2.32. The monoisotopic (exact) mass is 449 g/mol. The van der Waals surface area contributed by atoms with Gasteiger partial charge in [0.05, 0.1) is 17.2 Å². The van der Waals surface area contributed by atoms with Gasteiger partial charge in [0, 0.05) is 44.0 Å². The Bertz CT molecular complexity index is 758. The Labute approximate surface area is 191 Å². The fraction of sp³-hybridized carbons (Fsp3) is 0.783. The van der Waals surface area contributed by atoms with Crippen molar-refractivity contribution in [2.45, 2.75) is 84.4 Å². The van der Waals surface area contributed by atoms with Gasteiger partial charge in [-0.25, -0.2) is 9.78 Å². The Morgan fingerprint density at radius 2 is 2.00 bits per heavy atom. The van der Waals surface area contributed by atoms with E-state index >= 15 is 0 Å². The SMILES string of the molecule is CN=C(NCc1csc(C(C)C)n1)N1CCC(N(CC2CC2)C(=O)OC(C)(C)C)CC1. The molecule has 174 valence electrons. The number of thiazole rings is 1. The molecular weight excluding hydrogens is 410 g/mol. The summed E-state index contributed by atoms with van der Waals surface area (Å²) in [4.78, 5) is 26.3. The molecule has 1 saturated heterocycles. The molecule has 0 unspecified atom stereocenters. The first-order chi connectivity index (χ1) is 14.7. The molecule has 0 spiro atoms. The number of amides is 1. The van der Waals surface area contributed by atoms with E-state index in [0.29, 0.717) is 18.4 Å². The van der Waals surface area contributed by atoms with Crippen LogP contribution >= 0.6 is 11.3 Å². The number of carbonyl (C=O) groups is 1. The molecule has 3 rings (SSSR count). The number of ether oxygens (including phenoxy) is 1. The first kappa shape index (κ1) is 23.8. The summed E-state index contributed by atoms with van der Waals surface area (Å²) < 4.78 is 5.71. The van der Waals surface area contributed by atoms with Crippen LogP contribution in [0.4, 0.5) is 4.79 Å². The molecule has 1 aliphatic carbocycles. The van der Waals surface area contributed by atoms with Crippen molar-refractivity contribution in [3.8, 4) is 0 Å². The largest absolute Gasteiger partial charge is 0.444 e. The Kier molecular flexibility index (Phi) is 7.83. The standard InChI is InChI=1S/C23H39N5O2S/c1-16(2)20-26-18(15-31-20)13-25-21(24-6)27-11-9-19(10-12-27)28(14-17-7-8-17)22(29)30-23(3,4)5/h15-17,19H,7-14H2,1-6H3,(H,24,25). The van der Waals surface area contributed by atoms with Gasteiger partial charge in [-0.2, -0.15) is 0 Å². The lowest BCUT2D eigenvalue weighted by Crippen LogP contribution is -2.52. The fourth-order valence-corrected chi connectivity index (χ4v) is 4.67. The molecule has 0 bridgehead atoms. The van der Waals surface area contributed by atoms with Gasteiger partial charge in [0.1, 0.15) is 5.60 Å². The smallest absolute Gasteiger partial charge is 0.410 e. The number of guanidine groups is 1. The zero-order valence-corrected chi connectivity index (χ0v) is 20.8. The summed E-state index contributed by atoms with van der Waals surface area (Å²) in [5.74, 6) is 2.01. The number of aromatic nitrogens is 1. The fourth-order valence-electron chi connectivity index (χ4n) is 3.83. The molecule has 0 aromatic carbocycles. The Balaban J connectivity index is 1.53. The van der Waals surface area contributed by atoms with E-state index in [2.05, 4.69) is 34.4 Å². The first-order valence-corrected chi connectivity index (χ1v) is 12.4. The zero-order chi connectivity index (χ0) is 22.6. The van der Waals surface area contributed by atoms with E-state index in [1.165, 1.54) is 17.8 Å². The van der Waals surface area contributed by atoms with E-state index in [0.717, 1.165) is 44.1 Å². The summed E-state index contributed by atoms with van der Waals surface area (Å²) in [6.07, 6.45) is 4.15. The molecule has 1 saturated carbocycles. The number of nitrogens with zero attached hydrogens (tertiary/aromatic N) is 4. The molecule has 1 amide bonds. The van der Waals surface area contributed by atoms with Crippen LogP contribution in [0.2, 0.25) is 0 Å². The number of hydrogen-bond donors (Lipinski definition) is 1. The van der Waals surface area contributed by atoms with Gasteiger partial charge in [0.15, 0.2) is 5.96 Å². The second-order valence-electron chi connectivity index (χ2n) is 10.0. The van der Waals surface area contributed by atoms with Crippen LogP contribution in [-0.4, -0.2) is 65.2 Å². The maximum Gasteiger partial charge on any atom is 0.410 e. The lowest BCUT2D eigenvalue weighted by molar-refractivity contribution is 0.00928. The van der Waals surface area contributed by atoms with Gasteiger partial charge in [0.2, 0.25) is 0 Å². The van der Waals surface area contributed by atoms with Gasteiger partial charge >= 0.3 is 6.09 Å². The Morgan fingerprint density at radius 3 is 2.52 bits per heavy atom. The second kappa shape index (κ2) is 10.2. The average molecular weight is 450 g/mol. The lowest BCUT2D eigenvalue weighted by atomic mass is 10.0. The summed E-state index contributed by atoms with van der Waals surface area (Å²) in [7, 11) is 1.83. The van der Waals surface area contributed by atoms with E-state index in [1.807, 2.05) is 32.7 Å². The summed E-state index contributed by atoms with van der Waals surface area (Å²) in [5.41, 5.74) is 0.599. The minimum absolute atomic E-state index is 0.162. The van der Waals surface area contributed by atoms with E-state index < -0.39 is 5.60 Å². The first-order valence-electron chi connectivity index (χ1n) is 11.6. The number of nitrogens with one attached hydrogen (secondary N) is 1. The van der Waals surface area contributed by atoms with E-state index in [9.17, 15) is 4.79 Å². The highest BCUT2D eigenvalue weighted by atomic mass is 32.1. The number of piperidine rings is 1. The van der Waals surface area contributed by atoms with Gasteiger partial charge < -0.3 is 19.9 Å². The molecule has 0 atom stereocenters. The molecule has 2 aliphatic rings. The zero-order valence-electron chi connectivity index (χ0n) is 20.0. The minimum atomic E-state index is -0.462. The van der Waals surface area contributed by atoms with Crippen LogP contribution in [0.3, 0.4) is 0 Å². The van der Waals surface area contributed by atoms with Crippen LogP contribution in [0.5, 0.6) is 0 Å². The van der Waals surface area contributed by atoms with Crippen molar-refractivity contribution >= 4 is 23.4 Å². The van der Waals surface area contributed by atoms with Gasteiger partial charge in [-0.3, -0.25) is 4.99 Å². The van der Waals surface area contributed by atoms with Gasteiger partial charge in [-0.05, 0) is 52.4 Å². The van der Waals surface area contributed by atoms with Crippen molar-refractivity contribution in [2.24, 2.45) is 10.9 Å². The number of rotatable bonds is 6. The molecule has 1 N–H and O–H groups in total. The number of carbonyl (C=O) groups excluding carboxylic acids is 1. The molecule has 8 heteroatoms. The average Bonchev–Trinajstić information content (AvgIpc) is 3.40. The van der Waals surface area contributed by atoms with Gasteiger partial charge in [-0.1, -0.05) is 13.8 Å². The molecule has 2 heterocycles. The third kappa shape index (κ3) is 7.09. The van der Waals surface area contributed by atoms with Crippen molar-refractivity contribution in [3.63, 3.8) is 0 Å². The van der Waals surface area contributed by atoms with E-state index in [1.54, 1.807) is 11.3 Å². The number of aliphatic imine (C=N–C) groups is 1. The van der Waals surface area contributed by atoms with E-state index in [4.69, 9.17) is 9.72 Å². The molecule has 31 heavy (non-hydrogen) atoms. The quantitative estimate of drug-likeness (QED) is 0.513. The van der Waals surface area contributed by atoms with Crippen LogP contribution in [0.15, 0.2) is 10.4 Å². The van der Waals surface area contributed by atoms with Crippen molar-refractivity contribution in [2.75, 3.05) is 26.7 Å². The number of likely N-dealkylation sites (tertiary alicyclic amines) is 1. The third-order valence-electron chi connectivity index (χ3n) is 5.69. The van der Waals surface area contributed by atoms with Crippen molar-refractivity contribution in [1.29, 1.82) is 0 Å². The third-order valence-corrected chi connectivity index (χ3v) is 6.88. The minimum Gasteiger partial charge on any atom is -0.444 e. The van der Waals surface area contributed by atoms with E-state index in [-0.39, 0.29) is 12.1 Å². The molecule has 7 nitrogen and oxygen atoms in total. The topological polar surface area (TPSA) is 70.1 Å². The summed E-state index contributed by atoms with van der Waals surface area (Å²) in [6, 6.07) is 0.233. The normalized spacial score (nSPS) is 18.4. The summed E-state index contributed by atoms with van der Waals surface area (Å²) in [5, 5.41) is 6.76. The molecule has 0 radical (unpaired) electrons. The maximum absolute atomic E-state index is 12.9. The van der Waals surface area contributed by atoms with Crippen molar-refractivity contribution in [1.82, 2.24) is 20.1 Å². The predicted octanol–water partition coefficient (Wildman–Crippen LogP) is 4.45. The lowest BCUT2D eigenvalue weighted by Gasteiger charge is -2.40. The molecule has 1 aromatic rings. The van der Waals surface area contributed by atoms with Crippen LogP contribution in [0, 0.1) is 5.92 Å². The second-order valence-corrected chi connectivity index (χ2v) is 10.9. The highest BCUT2D eigenvalue weighted by Gasteiger charge is 2.35. The van der Waals surface area contributed by atoms with Gasteiger partial charge in [0.25, 0.3) is 0 Å². The molecule has 1 aromatic heterocycles. The van der Waals surface area contributed by atoms with Crippen molar-refractivity contribution in [3.05, 3.63) is 16.1 Å². The number of hydrogen-bond acceptors (Lipinski definition) is 5. The molecule has 1 aliphatic heterocycles. The molecular formula is C23H39N5O2S. The van der Waals surface area contributed by atoms with Crippen LogP contribution in [-0.2, 0) is 11.3 Å². The van der Waals surface area contributed by atoms with Crippen LogP contribution < -0.4 is 5.32 Å². The van der Waals surface area contributed by atoms with Crippen LogP contribution in [0.1, 0.15) is 76.9 Å². The summed E-state index contributed by atoms with van der Waals surface area (Å²) >= 11 is 1.72. The Hall–Kier alpha value is -1.83.